The Morgan fingerprint density at radius 2 is 1.94 bits per heavy atom. The Hall–Kier alpha value is -5.58. The van der Waals surface area contributed by atoms with Gasteiger partial charge in [-0.15, -0.1) is 0 Å². The van der Waals surface area contributed by atoms with E-state index in [4.69, 9.17) is 20.2 Å². The number of aromatic nitrogens is 4. The minimum absolute atomic E-state index is 0.0450. The molecule has 0 saturated carbocycles. The Bertz CT molecular complexity index is 1990. The number of nitrogens with zero attached hydrogens (tertiary/aromatic N) is 7. The van der Waals surface area contributed by atoms with Crippen molar-refractivity contribution in [3.05, 3.63) is 65.0 Å². The Labute approximate surface area is 282 Å². The van der Waals surface area contributed by atoms with Gasteiger partial charge in [0.15, 0.2) is 5.65 Å². The first-order valence-corrected chi connectivity index (χ1v) is 16.1. The van der Waals surface area contributed by atoms with Crippen molar-refractivity contribution in [2.24, 2.45) is 5.73 Å². The number of carbonyl (C=O) groups is 3. The van der Waals surface area contributed by atoms with Crippen LogP contribution in [-0.4, -0.2) is 79.9 Å². The standard InChI is InChI=1S/C35H37FN8O5/c1-5-48-24-11-21(13-37)31(39-14-24)26-12-29(42-18-23(36)19-42)41-33-27(26)15-40-44(33)16-20-6-7-25-22(10-20)17-43(34(25)47)28(32(38)46)8-9-30(45)49-35(2,3)4/h6-7,10-12,14-15,23,28H,5,8-9,16-19H2,1-4H3,(H2,38,46)/t28-/m0/s1. The van der Waals surface area contributed by atoms with Crippen molar-refractivity contribution >= 4 is 34.6 Å². The number of hydrogen-bond donors (Lipinski definition) is 1. The molecular weight excluding hydrogens is 631 g/mol. The maximum Gasteiger partial charge on any atom is 0.306 e. The van der Waals surface area contributed by atoms with E-state index < -0.39 is 29.7 Å². The molecule has 5 heterocycles. The number of rotatable bonds is 11. The fraction of sp³-hybridized carbons (Fsp3) is 0.400. The molecule has 0 bridgehead atoms. The highest BCUT2D eigenvalue weighted by atomic mass is 19.1. The summed E-state index contributed by atoms with van der Waals surface area (Å²) in [6, 6.07) is 10.1. The molecule has 3 aromatic heterocycles. The van der Waals surface area contributed by atoms with E-state index in [1.54, 1.807) is 56.0 Å². The van der Waals surface area contributed by atoms with Crippen LogP contribution in [0.1, 0.15) is 67.6 Å². The monoisotopic (exact) mass is 668 g/mol. The molecule has 2 amide bonds. The van der Waals surface area contributed by atoms with Gasteiger partial charge in [-0.25, -0.2) is 14.1 Å². The second-order valence-electron chi connectivity index (χ2n) is 13.1. The number of halogens is 1. The first-order valence-electron chi connectivity index (χ1n) is 16.1. The normalized spacial score (nSPS) is 15.1. The molecule has 49 heavy (non-hydrogen) atoms. The highest BCUT2D eigenvalue weighted by Gasteiger charge is 2.36. The van der Waals surface area contributed by atoms with E-state index >= 15 is 0 Å². The molecule has 0 aliphatic carbocycles. The van der Waals surface area contributed by atoms with Gasteiger partial charge in [0.25, 0.3) is 5.91 Å². The molecule has 1 fully saturated rings. The molecule has 14 heteroatoms. The molecule has 1 aromatic carbocycles. The molecule has 2 aliphatic rings. The fourth-order valence-corrected chi connectivity index (χ4v) is 6.13. The molecule has 0 unspecified atom stereocenters. The van der Waals surface area contributed by atoms with Gasteiger partial charge in [0.2, 0.25) is 5.91 Å². The minimum Gasteiger partial charge on any atom is -0.492 e. The Balaban J connectivity index is 1.29. The number of nitriles is 1. The first kappa shape index (κ1) is 33.3. The van der Waals surface area contributed by atoms with E-state index in [1.807, 2.05) is 24.0 Å². The number of esters is 1. The summed E-state index contributed by atoms with van der Waals surface area (Å²) < 4.78 is 26.5. The molecule has 13 nitrogen and oxygen atoms in total. The summed E-state index contributed by atoms with van der Waals surface area (Å²) in [4.78, 5) is 50.7. The lowest BCUT2D eigenvalue weighted by molar-refractivity contribution is -0.155. The Morgan fingerprint density at radius 3 is 2.61 bits per heavy atom. The van der Waals surface area contributed by atoms with Gasteiger partial charge < -0.3 is 25.0 Å². The van der Waals surface area contributed by atoms with E-state index in [-0.39, 0.29) is 44.9 Å². The highest BCUT2D eigenvalue weighted by Crippen LogP contribution is 2.35. The van der Waals surface area contributed by atoms with Crippen molar-refractivity contribution in [2.75, 3.05) is 24.6 Å². The molecule has 2 N–H and O–H groups in total. The maximum absolute atomic E-state index is 13.9. The predicted octanol–water partition coefficient (Wildman–Crippen LogP) is 3.90. The third-order valence-corrected chi connectivity index (χ3v) is 8.39. The SMILES string of the molecule is CCOc1cnc(-c2cc(N3CC(F)C3)nc3c2cnn3Cc2ccc3c(c2)CN([C@@H](CCC(=O)OC(C)(C)C)C(N)=O)C3=O)c(C#N)c1. The van der Waals surface area contributed by atoms with Gasteiger partial charge in [-0.3, -0.25) is 19.4 Å². The summed E-state index contributed by atoms with van der Waals surface area (Å²) in [6.45, 7) is 8.38. The van der Waals surface area contributed by atoms with Crippen molar-refractivity contribution in [2.45, 2.75) is 71.4 Å². The van der Waals surface area contributed by atoms with Crippen LogP contribution in [0.15, 0.2) is 42.7 Å². The third kappa shape index (κ3) is 6.87. The fourth-order valence-electron chi connectivity index (χ4n) is 6.13. The number of carbonyl (C=O) groups excluding carboxylic acids is 3. The van der Waals surface area contributed by atoms with E-state index in [0.717, 1.165) is 5.56 Å². The van der Waals surface area contributed by atoms with Crippen LogP contribution in [0.3, 0.4) is 0 Å². The molecule has 1 saturated heterocycles. The predicted molar refractivity (Wildman–Crippen MR) is 177 cm³/mol. The molecule has 0 radical (unpaired) electrons. The summed E-state index contributed by atoms with van der Waals surface area (Å²) in [5.74, 6) is -0.500. The zero-order valence-corrected chi connectivity index (χ0v) is 27.8. The molecule has 0 spiro atoms. The third-order valence-electron chi connectivity index (χ3n) is 8.39. The number of fused-ring (bicyclic) bond motifs is 2. The lowest BCUT2D eigenvalue weighted by Gasteiger charge is -2.35. The number of nitrogens with two attached hydrogens (primary N) is 1. The zero-order valence-electron chi connectivity index (χ0n) is 27.8. The number of pyridine rings is 2. The zero-order chi connectivity index (χ0) is 35.0. The largest absolute Gasteiger partial charge is 0.492 e. The summed E-state index contributed by atoms with van der Waals surface area (Å²) in [6.07, 6.45) is 2.25. The van der Waals surface area contributed by atoms with Gasteiger partial charge in [-0.2, -0.15) is 10.4 Å². The number of primary amides is 1. The average Bonchev–Trinajstić information content (AvgIpc) is 3.58. The topological polar surface area (TPSA) is 170 Å². The van der Waals surface area contributed by atoms with Crippen molar-refractivity contribution in [3.8, 4) is 23.1 Å². The van der Waals surface area contributed by atoms with E-state index in [1.165, 1.54) is 4.90 Å². The molecule has 2 aliphatic heterocycles. The smallest absolute Gasteiger partial charge is 0.306 e. The molecule has 4 aromatic rings. The van der Waals surface area contributed by atoms with Gasteiger partial charge >= 0.3 is 5.97 Å². The molecular formula is C35H37FN8O5. The van der Waals surface area contributed by atoms with Crippen molar-refractivity contribution in [1.82, 2.24) is 24.6 Å². The van der Waals surface area contributed by atoms with Crippen LogP contribution in [0, 0.1) is 11.3 Å². The molecule has 1 atom stereocenters. The van der Waals surface area contributed by atoms with E-state index in [0.29, 0.717) is 57.2 Å². The van der Waals surface area contributed by atoms with Crippen LogP contribution in [0.5, 0.6) is 5.75 Å². The van der Waals surface area contributed by atoms with E-state index in [9.17, 15) is 24.0 Å². The number of anilines is 1. The Kier molecular flexibility index (Phi) is 8.94. The van der Waals surface area contributed by atoms with Crippen LogP contribution in [0.2, 0.25) is 0 Å². The summed E-state index contributed by atoms with van der Waals surface area (Å²) in [7, 11) is 0. The van der Waals surface area contributed by atoms with Gasteiger partial charge in [0, 0.05) is 35.5 Å². The lowest BCUT2D eigenvalue weighted by atomic mass is 10.0. The summed E-state index contributed by atoms with van der Waals surface area (Å²) in [5, 5.41) is 15.3. The lowest BCUT2D eigenvalue weighted by Crippen LogP contribution is -2.48. The van der Waals surface area contributed by atoms with Crippen LogP contribution >= 0.6 is 0 Å². The quantitative estimate of drug-likeness (QED) is 0.231. The van der Waals surface area contributed by atoms with Crippen LogP contribution in [0.25, 0.3) is 22.3 Å². The number of amides is 2. The number of alkyl halides is 1. The number of ether oxygens (including phenoxy) is 2. The first-order chi connectivity index (χ1) is 23.3. The summed E-state index contributed by atoms with van der Waals surface area (Å²) >= 11 is 0. The van der Waals surface area contributed by atoms with Crippen LogP contribution in [0.4, 0.5) is 10.2 Å². The van der Waals surface area contributed by atoms with Crippen LogP contribution in [-0.2, 0) is 27.4 Å². The van der Waals surface area contributed by atoms with Gasteiger partial charge in [0.1, 0.15) is 35.5 Å². The second-order valence-corrected chi connectivity index (χ2v) is 13.1. The number of hydrogen-bond acceptors (Lipinski definition) is 10. The minimum atomic E-state index is -0.980. The second kappa shape index (κ2) is 13.1. The molecule has 254 valence electrons. The van der Waals surface area contributed by atoms with Gasteiger partial charge in [-0.1, -0.05) is 12.1 Å². The van der Waals surface area contributed by atoms with Gasteiger partial charge in [0.05, 0.1) is 49.9 Å². The molecule has 6 rings (SSSR count). The van der Waals surface area contributed by atoms with Crippen molar-refractivity contribution in [1.29, 1.82) is 5.26 Å². The van der Waals surface area contributed by atoms with Gasteiger partial charge in [-0.05, 0) is 57.4 Å². The average molecular weight is 669 g/mol. The summed E-state index contributed by atoms with van der Waals surface area (Å²) in [5.41, 5.74) is 8.90. The highest BCUT2D eigenvalue weighted by molar-refractivity contribution is 6.01. The van der Waals surface area contributed by atoms with Crippen LogP contribution < -0.4 is 15.4 Å². The van der Waals surface area contributed by atoms with Crippen molar-refractivity contribution < 1.29 is 28.2 Å². The number of benzene rings is 1. The van der Waals surface area contributed by atoms with Crippen molar-refractivity contribution in [3.63, 3.8) is 0 Å². The Morgan fingerprint density at radius 1 is 1.16 bits per heavy atom. The van der Waals surface area contributed by atoms with E-state index in [2.05, 4.69) is 16.2 Å². The maximum atomic E-state index is 13.9.